The summed E-state index contributed by atoms with van der Waals surface area (Å²) in [5.74, 6) is -3.78. The van der Waals surface area contributed by atoms with Gasteiger partial charge in [0.05, 0.1) is 71.0 Å². The van der Waals surface area contributed by atoms with Gasteiger partial charge in [-0.25, -0.2) is 0 Å². The number of anilines is 1. The number of halogens is 2. The number of aromatic nitrogens is 1. The second-order valence-electron chi connectivity index (χ2n) is 24.7. The van der Waals surface area contributed by atoms with Crippen LogP contribution in [0.1, 0.15) is 140 Å². The van der Waals surface area contributed by atoms with Gasteiger partial charge in [-0.1, -0.05) is 44.0 Å². The molecular formula is C64H95Cl2N3O17S. The Hall–Kier alpha value is -4.29. The van der Waals surface area contributed by atoms with Crippen LogP contribution in [0.5, 0.6) is 11.5 Å². The Labute approximate surface area is 529 Å². The number of thioether (sulfide) groups is 1. The number of ether oxygens (including phenoxy) is 12. The van der Waals surface area contributed by atoms with Gasteiger partial charge in [0.2, 0.25) is 0 Å². The van der Waals surface area contributed by atoms with Crippen molar-refractivity contribution in [3.05, 3.63) is 57.9 Å². The van der Waals surface area contributed by atoms with E-state index in [4.69, 9.17) is 80.0 Å². The lowest BCUT2D eigenvalue weighted by atomic mass is 9.76. The monoisotopic (exact) mass is 1280 g/mol. The van der Waals surface area contributed by atoms with Gasteiger partial charge < -0.3 is 66.6 Å². The van der Waals surface area contributed by atoms with Gasteiger partial charge in [0.25, 0.3) is 0 Å². The van der Waals surface area contributed by atoms with Crippen molar-refractivity contribution < 1.29 is 80.8 Å². The van der Waals surface area contributed by atoms with Gasteiger partial charge in [0, 0.05) is 94.9 Å². The Bertz CT molecular complexity index is 2680. The number of benzene rings is 1. The highest BCUT2D eigenvalue weighted by atomic mass is 35.5. The highest BCUT2D eigenvalue weighted by Gasteiger charge is 2.54. The summed E-state index contributed by atoms with van der Waals surface area (Å²) in [5, 5.41) is 0.811. The molecule has 23 heteroatoms. The molecule has 1 aromatic carbocycles. The second kappa shape index (κ2) is 31.6. The van der Waals surface area contributed by atoms with E-state index >= 15 is 4.79 Å². The minimum Gasteiger partial charge on any atom is -0.493 e. The number of nitrogens with zero attached hydrogens (tertiary/aromatic N) is 3. The van der Waals surface area contributed by atoms with Crippen molar-refractivity contribution in [2.75, 3.05) is 58.4 Å². The van der Waals surface area contributed by atoms with Crippen LogP contribution in [-0.4, -0.2) is 177 Å². The SMILES string of the molecule is CC[C@H]1OC(=O)[C@H](C)[C@@H](O[C@H]2C[C@@](C)(OC)[C@@H](OC(C)=O)[C@H](C)O2)[C@H](C)[C@@H](O[C@@H]2O[C@H](C)C[C@H](N(C)C)[C@H]2OC(C)=O)[C@](C)(OC)C[C@@H](C)C(=O)/C(C)=C/[C@]1(C)OC(=O)CSCCN(Cc1c(Cl)cncc1Cl)c1ccc(OC)c(OC2CCCC2)c1. The minimum atomic E-state index is -1.67. The first-order valence-corrected chi connectivity index (χ1v) is 32.3. The van der Waals surface area contributed by atoms with E-state index in [1.54, 1.807) is 74.0 Å². The van der Waals surface area contributed by atoms with Crippen LogP contribution in [0.15, 0.2) is 42.2 Å². The Morgan fingerprint density at radius 1 is 0.839 bits per heavy atom. The number of likely N-dealkylation sites (N-methyl/N-ethyl adjacent to an activating group) is 1. The summed E-state index contributed by atoms with van der Waals surface area (Å²) in [6, 6.07) is 5.44. The molecule has 0 amide bonds. The van der Waals surface area contributed by atoms with Crippen LogP contribution in [0.25, 0.3) is 0 Å². The average Bonchev–Trinajstić information content (AvgIpc) is 1.85. The molecule has 488 valence electrons. The normalized spacial score (nSPS) is 33.6. The number of pyridine rings is 1. The Morgan fingerprint density at radius 2 is 1.48 bits per heavy atom. The number of carbonyl (C=O) groups excluding carboxylic acids is 5. The highest BCUT2D eigenvalue weighted by molar-refractivity contribution is 7.99. The first-order chi connectivity index (χ1) is 41.0. The molecule has 0 unspecified atom stereocenters. The lowest BCUT2D eigenvalue weighted by molar-refractivity contribution is -0.320. The lowest BCUT2D eigenvalue weighted by Gasteiger charge is -2.50. The molecule has 3 aliphatic heterocycles. The fourth-order valence-electron chi connectivity index (χ4n) is 12.9. The zero-order valence-electron chi connectivity index (χ0n) is 54.0. The smallest absolute Gasteiger partial charge is 0.316 e. The second-order valence-corrected chi connectivity index (χ2v) is 26.6. The van der Waals surface area contributed by atoms with E-state index in [-0.39, 0.29) is 54.6 Å². The first kappa shape index (κ1) is 71.8. The van der Waals surface area contributed by atoms with Crippen LogP contribution < -0.4 is 14.4 Å². The van der Waals surface area contributed by atoms with Crippen molar-refractivity contribution in [3.63, 3.8) is 0 Å². The van der Waals surface area contributed by atoms with Crippen molar-refractivity contribution in [2.24, 2.45) is 17.8 Å². The number of methoxy groups -OCH3 is 3. The molecule has 1 aromatic heterocycles. The Morgan fingerprint density at radius 3 is 2.08 bits per heavy atom. The van der Waals surface area contributed by atoms with Crippen LogP contribution in [0.2, 0.25) is 10.0 Å². The van der Waals surface area contributed by atoms with Gasteiger partial charge in [-0.15, -0.1) is 11.8 Å². The van der Waals surface area contributed by atoms with Gasteiger partial charge in [-0.05, 0) is 131 Å². The van der Waals surface area contributed by atoms with Gasteiger partial charge in [-0.2, -0.15) is 0 Å². The van der Waals surface area contributed by atoms with E-state index < -0.39 is 108 Å². The molecule has 2 saturated heterocycles. The van der Waals surface area contributed by atoms with Gasteiger partial charge in [0.1, 0.15) is 11.7 Å². The molecule has 4 heterocycles. The zero-order chi connectivity index (χ0) is 64.3. The van der Waals surface area contributed by atoms with Crippen molar-refractivity contribution >= 4 is 70.3 Å². The molecule has 87 heavy (non-hydrogen) atoms. The third-order valence-corrected chi connectivity index (χ3v) is 19.1. The topological polar surface area (TPSA) is 215 Å². The number of ketones is 1. The van der Waals surface area contributed by atoms with E-state index in [9.17, 15) is 19.2 Å². The maximum atomic E-state index is 15.3. The average molecular weight is 1280 g/mol. The van der Waals surface area contributed by atoms with E-state index in [2.05, 4.69) is 9.88 Å². The maximum Gasteiger partial charge on any atom is 0.316 e. The van der Waals surface area contributed by atoms with Crippen molar-refractivity contribution in [1.29, 1.82) is 0 Å². The number of carbonyl (C=O) groups is 5. The molecule has 0 radical (unpaired) electrons. The summed E-state index contributed by atoms with van der Waals surface area (Å²) in [6.07, 6.45) is 1.38. The summed E-state index contributed by atoms with van der Waals surface area (Å²) in [6.45, 7) is 21.1. The number of rotatable bonds is 22. The van der Waals surface area contributed by atoms with Gasteiger partial charge >= 0.3 is 23.9 Å². The molecule has 3 fully saturated rings. The lowest BCUT2D eigenvalue weighted by Crippen LogP contribution is -2.61. The molecule has 16 atom stereocenters. The molecular weight excluding hydrogens is 1190 g/mol. The molecule has 20 nitrogen and oxygen atoms in total. The van der Waals surface area contributed by atoms with Crippen molar-refractivity contribution in [2.45, 2.75) is 225 Å². The number of hydrogen-bond donors (Lipinski definition) is 0. The predicted octanol–water partition coefficient (Wildman–Crippen LogP) is 10.6. The third-order valence-electron chi connectivity index (χ3n) is 17.6. The maximum absolute atomic E-state index is 15.3. The Balaban J connectivity index is 1.34. The van der Waals surface area contributed by atoms with Crippen molar-refractivity contribution in [1.82, 2.24) is 9.88 Å². The molecule has 0 N–H and O–H groups in total. The molecule has 1 saturated carbocycles. The van der Waals surface area contributed by atoms with E-state index in [0.717, 1.165) is 31.4 Å². The number of allylic oxidation sites excluding steroid dienone is 1. The number of cyclic esters (lactones) is 1. The first-order valence-electron chi connectivity index (χ1n) is 30.3. The van der Waals surface area contributed by atoms with Crippen LogP contribution in [0.4, 0.5) is 5.69 Å². The van der Waals surface area contributed by atoms with Crippen LogP contribution in [-0.2, 0) is 77.9 Å². The summed E-state index contributed by atoms with van der Waals surface area (Å²) in [4.78, 5) is 78.0. The molecule has 2 aromatic rings. The zero-order valence-corrected chi connectivity index (χ0v) is 56.3. The van der Waals surface area contributed by atoms with Crippen LogP contribution in [0.3, 0.4) is 0 Å². The molecule has 6 rings (SSSR count). The third kappa shape index (κ3) is 18.2. The molecule has 0 spiro atoms. The summed E-state index contributed by atoms with van der Waals surface area (Å²) in [5.41, 5.74) is -2.36. The fraction of sp³-hybridized carbons (Fsp3) is 0.719. The van der Waals surface area contributed by atoms with Crippen LogP contribution in [0, 0.1) is 17.8 Å². The Kier molecular flexibility index (Phi) is 26.1. The molecule has 0 bridgehead atoms. The largest absolute Gasteiger partial charge is 0.493 e. The number of Topliss-reactive ketones (excluding diaryl/α,β-unsaturated/α-hetero) is 1. The van der Waals surface area contributed by atoms with Crippen molar-refractivity contribution in [3.8, 4) is 11.5 Å². The highest BCUT2D eigenvalue weighted by Crippen LogP contribution is 2.43. The quantitative estimate of drug-likeness (QED) is 0.0608. The van der Waals surface area contributed by atoms with Gasteiger partial charge in [-0.3, -0.25) is 29.0 Å². The van der Waals surface area contributed by atoms with Gasteiger partial charge in [0.15, 0.2) is 47.7 Å². The summed E-state index contributed by atoms with van der Waals surface area (Å²) < 4.78 is 76.7. The van der Waals surface area contributed by atoms with Crippen LogP contribution >= 0.6 is 35.0 Å². The molecule has 4 aliphatic rings. The van der Waals surface area contributed by atoms with E-state index in [0.29, 0.717) is 52.4 Å². The molecule has 1 aliphatic carbocycles. The van der Waals surface area contributed by atoms with E-state index in [1.165, 1.54) is 39.8 Å². The number of hydrogen-bond acceptors (Lipinski definition) is 21. The summed E-state index contributed by atoms with van der Waals surface area (Å²) >= 11 is 14.7. The predicted molar refractivity (Wildman–Crippen MR) is 331 cm³/mol. The number of esters is 4. The van der Waals surface area contributed by atoms with E-state index in [1.807, 2.05) is 58.0 Å². The standard InChI is InChI=1S/C64H95Cl2N3O17S/c1-18-52-62(10,86-53(72)35-87-26-25-69(34-46-47(65)32-67-33-48(46)66)44-23-24-50(75-15)51(28-44)82-45-21-19-20-22-45)29-36(2)55(73)37(3)30-63(11,76-16)58(85-61-57(80-42(8)70)49(68(13)14)27-38(4)78-61)39(5)56(40(6)60(74)83-52)84-54-31-64(12,77-17)59(41(7)79-54)81-43(9)71/h23-24,28-29,32-33,37-41,45,49,52,54,56-59,61H,18-22,25-27,30-31,34-35H2,1-17H3/b36-29+/t37-,38-,39+,40-,41+,49+,52-,54+,56+,57-,58-,59+,61+,62+,63-,64-/m1/s1. The minimum absolute atomic E-state index is 0.0641. The fourth-order valence-corrected chi connectivity index (χ4v) is 14.1. The summed E-state index contributed by atoms with van der Waals surface area (Å²) in [7, 11) is 8.43.